The second-order valence-electron chi connectivity index (χ2n) is 6.66. The molecule has 1 atom stereocenters. The lowest BCUT2D eigenvalue weighted by Gasteiger charge is -2.26. The van der Waals surface area contributed by atoms with E-state index in [4.69, 9.17) is 4.74 Å². The van der Waals surface area contributed by atoms with Crippen LogP contribution in [-0.4, -0.2) is 63.7 Å². The molecular formula is C19H27FN4O2. The molecule has 0 aliphatic carbocycles. The van der Waals surface area contributed by atoms with Crippen LogP contribution in [0.3, 0.4) is 0 Å². The maximum Gasteiger partial charge on any atom is 0.181 e. The summed E-state index contributed by atoms with van der Waals surface area (Å²) in [5.41, 5.74) is 0.783. The second-order valence-corrected chi connectivity index (χ2v) is 6.66. The van der Waals surface area contributed by atoms with Gasteiger partial charge >= 0.3 is 0 Å². The van der Waals surface area contributed by atoms with Crippen molar-refractivity contribution in [3.05, 3.63) is 35.9 Å². The fraction of sp³-hybridized carbons (Fsp3) is 0.579. The van der Waals surface area contributed by atoms with Gasteiger partial charge in [0.1, 0.15) is 11.6 Å². The van der Waals surface area contributed by atoms with Gasteiger partial charge in [-0.15, -0.1) is 0 Å². The Morgan fingerprint density at radius 2 is 1.96 bits per heavy atom. The molecule has 0 saturated carbocycles. The van der Waals surface area contributed by atoms with Gasteiger partial charge in [0.15, 0.2) is 5.82 Å². The lowest BCUT2D eigenvalue weighted by atomic mass is 10.2. The van der Waals surface area contributed by atoms with Crippen LogP contribution in [0, 0.1) is 5.82 Å². The van der Waals surface area contributed by atoms with Crippen molar-refractivity contribution >= 4 is 0 Å². The number of ether oxygens (including phenoxy) is 1. The van der Waals surface area contributed by atoms with Crippen LogP contribution in [0.15, 0.2) is 24.3 Å². The van der Waals surface area contributed by atoms with Crippen molar-refractivity contribution in [2.45, 2.75) is 38.8 Å². The molecule has 0 amide bonds. The van der Waals surface area contributed by atoms with E-state index in [-0.39, 0.29) is 5.82 Å². The summed E-state index contributed by atoms with van der Waals surface area (Å²) >= 11 is 0. The van der Waals surface area contributed by atoms with Gasteiger partial charge in [-0.2, -0.15) is 5.10 Å². The van der Waals surface area contributed by atoms with Crippen molar-refractivity contribution < 1.29 is 14.2 Å². The van der Waals surface area contributed by atoms with Crippen LogP contribution in [0.25, 0.3) is 11.4 Å². The molecule has 6 nitrogen and oxygen atoms in total. The van der Waals surface area contributed by atoms with Crippen LogP contribution in [0.4, 0.5) is 4.39 Å². The predicted molar refractivity (Wildman–Crippen MR) is 97.3 cm³/mol. The van der Waals surface area contributed by atoms with Gasteiger partial charge in [0, 0.05) is 25.1 Å². The minimum atomic E-state index is -0.448. The molecule has 1 N–H and O–H groups in total. The normalized spacial score (nSPS) is 16.7. The predicted octanol–water partition coefficient (Wildman–Crippen LogP) is 2.12. The topological polar surface area (TPSA) is 63.4 Å². The third-order valence-electron chi connectivity index (χ3n) is 4.68. The molecule has 1 aliphatic heterocycles. The lowest BCUT2D eigenvalue weighted by molar-refractivity contribution is 0.0373. The first kappa shape index (κ1) is 18.9. The lowest BCUT2D eigenvalue weighted by Crippen LogP contribution is -2.37. The van der Waals surface area contributed by atoms with Gasteiger partial charge in [0.25, 0.3) is 0 Å². The van der Waals surface area contributed by atoms with E-state index in [1.807, 2.05) is 6.92 Å². The Labute approximate surface area is 153 Å². The molecular weight excluding hydrogens is 335 g/mol. The van der Waals surface area contributed by atoms with Crippen LogP contribution < -0.4 is 0 Å². The highest BCUT2D eigenvalue weighted by Crippen LogP contribution is 2.18. The molecule has 0 spiro atoms. The first-order valence-corrected chi connectivity index (χ1v) is 9.33. The monoisotopic (exact) mass is 362 g/mol. The number of morpholine rings is 1. The smallest absolute Gasteiger partial charge is 0.181 e. The summed E-state index contributed by atoms with van der Waals surface area (Å²) in [7, 11) is 0. The minimum absolute atomic E-state index is 0.277. The van der Waals surface area contributed by atoms with Crippen molar-refractivity contribution in [2.75, 3.05) is 32.8 Å². The summed E-state index contributed by atoms with van der Waals surface area (Å²) in [6, 6.07) is 6.19. The highest BCUT2D eigenvalue weighted by molar-refractivity contribution is 5.54. The third-order valence-corrected chi connectivity index (χ3v) is 4.68. The first-order chi connectivity index (χ1) is 12.7. The Balaban J connectivity index is 1.69. The van der Waals surface area contributed by atoms with Crippen molar-refractivity contribution in [3.63, 3.8) is 0 Å². The third kappa shape index (κ3) is 5.09. The van der Waals surface area contributed by atoms with E-state index < -0.39 is 6.10 Å². The van der Waals surface area contributed by atoms with Gasteiger partial charge in [0.05, 0.1) is 25.9 Å². The zero-order chi connectivity index (χ0) is 18.4. The first-order valence-electron chi connectivity index (χ1n) is 9.33. The number of hydrogen-bond acceptors (Lipinski definition) is 5. The van der Waals surface area contributed by atoms with Crippen molar-refractivity contribution in [1.29, 1.82) is 0 Å². The molecule has 0 bridgehead atoms. The molecule has 0 radical (unpaired) electrons. The Bertz CT molecular complexity index is 683. The maximum atomic E-state index is 13.2. The number of aliphatic hydroxyl groups excluding tert-OH is 1. The van der Waals surface area contributed by atoms with E-state index >= 15 is 0 Å². The van der Waals surface area contributed by atoms with Crippen molar-refractivity contribution in [1.82, 2.24) is 19.7 Å². The largest absolute Gasteiger partial charge is 0.391 e. The number of hydrogen-bond donors (Lipinski definition) is 1. The SMILES string of the molecule is CCC(O)Cn1nc(-c2ccc(F)cc2)nc1CCCN1CCOCC1. The number of benzene rings is 1. The van der Waals surface area contributed by atoms with Crippen LogP contribution in [0.5, 0.6) is 0 Å². The molecule has 1 aromatic heterocycles. The van der Waals surface area contributed by atoms with Gasteiger partial charge in [-0.25, -0.2) is 14.1 Å². The molecule has 1 aliphatic rings. The fourth-order valence-electron chi connectivity index (χ4n) is 3.04. The molecule has 2 heterocycles. The van der Waals surface area contributed by atoms with Gasteiger partial charge in [0.2, 0.25) is 0 Å². The number of rotatable bonds is 8. The van der Waals surface area contributed by atoms with Gasteiger partial charge in [-0.1, -0.05) is 6.92 Å². The molecule has 26 heavy (non-hydrogen) atoms. The molecule has 2 aromatic rings. The van der Waals surface area contributed by atoms with Crippen LogP contribution in [0.1, 0.15) is 25.6 Å². The van der Waals surface area contributed by atoms with Crippen molar-refractivity contribution in [2.24, 2.45) is 0 Å². The molecule has 3 rings (SSSR count). The summed E-state index contributed by atoms with van der Waals surface area (Å²) < 4.78 is 20.3. The quantitative estimate of drug-likeness (QED) is 0.779. The number of halogens is 1. The summed E-state index contributed by atoms with van der Waals surface area (Å²) in [4.78, 5) is 7.05. The summed E-state index contributed by atoms with van der Waals surface area (Å²) in [6.45, 7) is 6.92. The maximum absolute atomic E-state index is 13.2. The summed E-state index contributed by atoms with van der Waals surface area (Å²) in [5, 5.41) is 14.6. The Morgan fingerprint density at radius 1 is 1.23 bits per heavy atom. The summed E-state index contributed by atoms with van der Waals surface area (Å²) in [5.74, 6) is 1.17. The molecule has 1 fully saturated rings. The van der Waals surface area contributed by atoms with Gasteiger partial charge in [-0.05, 0) is 43.7 Å². The van der Waals surface area contributed by atoms with Crippen LogP contribution in [0.2, 0.25) is 0 Å². The van der Waals surface area contributed by atoms with Crippen LogP contribution in [-0.2, 0) is 17.7 Å². The second kappa shape index (κ2) is 9.21. The van der Waals surface area contributed by atoms with E-state index in [0.29, 0.717) is 18.8 Å². The standard InChI is InChI=1S/C19H27FN4O2/c1-2-17(25)14-24-18(4-3-9-23-10-12-26-13-11-23)21-19(22-24)15-5-7-16(20)8-6-15/h5-8,17,25H,2-4,9-14H2,1H3. The number of aliphatic hydroxyl groups is 1. The molecule has 7 heteroatoms. The molecule has 1 saturated heterocycles. The molecule has 1 aromatic carbocycles. The summed E-state index contributed by atoms with van der Waals surface area (Å²) in [6.07, 6.45) is 1.99. The Kier molecular flexibility index (Phi) is 6.71. The van der Waals surface area contributed by atoms with E-state index in [0.717, 1.165) is 57.1 Å². The zero-order valence-corrected chi connectivity index (χ0v) is 15.3. The van der Waals surface area contributed by atoms with Crippen molar-refractivity contribution in [3.8, 4) is 11.4 Å². The highest BCUT2D eigenvalue weighted by Gasteiger charge is 2.15. The minimum Gasteiger partial charge on any atom is -0.391 e. The molecule has 142 valence electrons. The van der Waals surface area contributed by atoms with E-state index in [9.17, 15) is 9.50 Å². The average Bonchev–Trinajstić information content (AvgIpc) is 3.05. The van der Waals surface area contributed by atoms with Gasteiger partial charge in [-0.3, -0.25) is 4.90 Å². The van der Waals surface area contributed by atoms with Crippen LogP contribution >= 0.6 is 0 Å². The van der Waals surface area contributed by atoms with E-state index in [1.165, 1.54) is 12.1 Å². The number of nitrogens with zero attached hydrogens (tertiary/aromatic N) is 4. The van der Waals surface area contributed by atoms with Gasteiger partial charge < -0.3 is 9.84 Å². The fourth-order valence-corrected chi connectivity index (χ4v) is 3.04. The number of aromatic nitrogens is 3. The van der Waals surface area contributed by atoms with E-state index in [2.05, 4.69) is 15.0 Å². The Morgan fingerprint density at radius 3 is 2.65 bits per heavy atom. The Hall–Kier alpha value is -1.83. The average molecular weight is 362 g/mol. The number of aryl methyl sites for hydroxylation is 1. The highest BCUT2D eigenvalue weighted by atomic mass is 19.1. The molecule has 1 unspecified atom stereocenters. The van der Waals surface area contributed by atoms with E-state index in [1.54, 1.807) is 16.8 Å². The zero-order valence-electron chi connectivity index (χ0n) is 15.3.